The van der Waals surface area contributed by atoms with Crippen LogP contribution in [0.1, 0.15) is 43.0 Å². The molecule has 3 fully saturated rings. The van der Waals surface area contributed by atoms with E-state index >= 15 is 0 Å². The predicted molar refractivity (Wildman–Crippen MR) is 119 cm³/mol. The van der Waals surface area contributed by atoms with Crippen molar-refractivity contribution in [2.75, 3.05) is 0 Å². The molecule has 0 saturated heterocycles. The maximum atomic E-state index is 13.8. The quantitative estimate of drug-likeness (QED) is 0.584. The smallest absolute Gasteiger partial charge is 0.246 e. The highest BCUT2D eigenvalue weighted by atomic mass is 19.1. The molecule has 2 aromatic heterocycles. The summed E-state index contributed by atoms with van der Waals surface area (Å²) in [6.45, 7) is 0.682. The van der Waals surface area contributed by atoms with Crippen molar-refractivity contribution in [3.63, 3.8) is 0 Å². The van der Waals surface area contributed by atoms with E-state index in [0.29, 0.717) is 47.5 Å². The van der Waals surface area contributed by atoms with Crippen LogP contribution in [-0.2, 0) is 11.3 Å². The molecule has 7 nitrogen and oxygen atoms in total. The van der Waals surface area contributed by atoms with E-state index in [0.717, 1.165) is 30.8 Å². The topological polar surface area (TPSA) is 87.2 Å². The number of hydrogen-bond acceptors (Lipinski definition) is 5. The molecule has 2 bridgehead atoms. The highest BCUT2D eigenvalue weighted by molar-refractivity contribution is 5.82. The summed E-state index contributed by atoms with van der Waals surface area (Å²) in [4.78, 5) is 17.9. The summed E-state index contributed by atoms with van der Waals surface area (Å²) in [5.74, 6) is -0.374. The van der Waals surface area contributed by atoms with E-state index in [9.17, 15) is 13.6 Å². The van der Waals surface area contributed by atoms with E-state index in [4.69, 9.17) is 5.26 Å². The first-order chi connectivity index (χ1) is 16.5. The lowest BCUT2D eigenvalue weighted by Crippen LogP contribution is -2.49. The van der Waals surface area contributed by atoms with Gasteiger partial charge in [-0.1, -0.05) is 0 Å². The number of amides is 1. The fourth-order valence-electron chi connectivity index (χ4n) is 5.85. The van der Waals surface area contributed by atoms with Crippen LogP contribution in [0.25, 0.3) is 11.0 Å². The van der Waals surface area contributed by atoms with Crippen molar-refractivity contribution in [2.24, 2.45) is 28.8 Å². The Bertz CT molecular complexity index is 1330. The van der Waals surface area contributed by atoms with Crippen LogP contribution in [0, 0.1) is 46.6 Å². The first-order valence-electron chi connectivity index (χ1n) is 11.5. The average Bonchev–Trinajstić information content (AvgIpc) is 3.43. The van der Waals surface area contributed by atoms with Gasteiger partial charge in [0.2, 0.25) is 5.91 Å². The minimum Gasteiger partial charge on any atom is -0.273 e. The number of fused-ring (bicyclic) bond motifs is 3. The van der Waals surface area contributed by atoms with E-state index in [-0.39, 0.29) is 11.8 Å². The van der Waals surface area contributed by atoms with Crippen LogP contribution in [0.15, 0.2) is 41.6 Å². The number of aromatic nitrogens is 3. The molecule has 7 rings (SSSR count). The molecular formula is C25H22F2N6O. The number of pyridine rings is 1. The Balaban J connectivity index is 1.20. The zero-order valence-corrected chi connectivity index (χ0v) is 18.3. The Labute approximate surface area is 194 Å². The van der Waals surface area contributed by atoms with Crippen molar-refractivity contribution in [1.29, 1.82) is 5.26 Å². The molecule has 3 atom stereocenters. The number of hydrazone groups is 1. The normalized spacial score (nSPS) is 27.6. The lowest BCUT2D eigenvalue weighted by atomic mass is 9.55. The highest BCUT2D eigenvalue weighted by Crippen LogP contribution is 2.53. The van der Waals surface area contributed by atoms with E-state index in [2.05, 4.69) is 15.2 Å². The number of benzene rings is 1. The van der Waals surface area contributed by atoms with E-state index < -0.39 is 17.7 Å². The predicted octanol–water partition coefficient (Wildman–Crippen LogP) is 4.20. The second-order valence-corrected chi connectivity index (χ2v) is 9.59. The van der Waals surface area contributed by atoms with Crippen LogP contribution in [0.3, 0.4) is 0 Å². The lowest BCUT2D eigenvalue weighted by molar-refractivity contribution is -0.147. The van der Waals surface area contributed by atoms with Gasteiger partial charge in [0, 0.05) is 31.2 Å². The van der Waals surface area contributed by atoms with Crippen LogP contribution >= 0.6 is 0 Å². The Morgan fingerprint density at radius 1 is 1.09 bits per heavy atom. The molecule has 1 aromatic carbocycles. The summed E-state index contributed by atoms with van der Waals surface area (Å²) >= 11 is 0. The largest absolute Gasteiger partial charge is 0.273 e. The summed E-state index contributed by atoms with van der Waals surface area (Å²) in [7, 11) is 0. The molecule has 0 N–H and O–H groups in total. The average molecular weight is 460 g/mol. The second-order valence-electron chi connectivity index (χ2n) is 9.59. The summed E-state index contributed by atoms with van der Waals surface area (Å²) in [5, 5.41) is 19.4. The Kier molecular flexibility index (Phi) is 4.90. The molecule has 4 aliphatic rings. The second kappa shape index (κ2) is 7.97. The molecule has 3 saturated carbocycles. The maximum absolute atomic E-state index is 13.8. The highest BCUT2D eigenvalue weighted by Gasteiger charge is 2.50. The Hall–Kier alpha value is -3.67. The number of hydrogen-bond donors (Lipinski definition) is 0. The van der Waals surface area contributed by atoms with Gasteiger partial charge >= 0.3 is 0 Å². The fourth-order valence-corrected chi connectivity index (χ4v) is 5.85. The van der Waals surface area contributed by atoms with E-state index in [1.165, 1.54) is 17.1 Å². The molecule has 0 radical (unpaired) electrons. The van der Waals surface area contributed by atoms with Gasteiger partial charge < -0.3 is 0 Å². The molecule has 3 heterocycles. The van der Waals surface area contributed by atoms with Gasteiger partial charge in [-0.25, -0.2) is 18.8 Å². The van der Waals surface area contributed by atoms with Crippen molar-refractivity contribution in [3.05, 3.63) is 59.4 Å². The van der Waals surface area contributed by atoms with Gasteiger partial charge in [-0.05, 0) is 66.8 Å². The molecule has 3 aromatic rings. The molecule has 9 heteroatoms. The molecule has 2 unspecified atom stereocenters. The van der Waals surface area contributed by atoms with Crippen molar-refractivity contribution >= 4 is 23.2 Å². The molecule has 172 valence electrons. The molecule has 1 aliphatic heterocycles. The van der Waals surface area contributed by atoms with Crippen molar-refractivity contribution in [2.45, 2.75) is 38.3 Å². The zero-order chi connectivity index (χ0) is 23.4. The number of carbonyl (C=O) groups is 1. The van der Waals surface area contributed by atoms with Gasteiger partial charge in [0.05, 0.1) is 12.2 Å². The van der Waals surface area contributed by atoms with Gasteiger partial charge in [0.1, 0.15) is 34.4 Å². The van der Waals surface area contributed by atoms with Crippen molar-refractivity contribution in [3.8, 4) is 6.07 Å². The maximum Gasteiger partial charge on any atom is 0.246 e. The number of nitrogens with zero attached hydrogens (tertiary/aromatic N) is 6. The third-order valence-corrected chi connectivity index (χ3v) is 7.59. The minimum atomic E-state index is -0.656. The third kappa shape index (κ3) is 3.54. The Morgan fingerprint density at radius 3 is 2.65 bits per heavy atom. The van der Waals surface area contributed by atoms with Crippen molar-refractivity contribution < 1.29 is 13.6 Å². The number of carbonyl (C=O) groups excluding carboxylic acids is 1. The molecule has 0 spiro atoms. The molecular weight excluding hydrogens is 438 g/mol. The molecule has 34 heavy (non-hydrogen) atoms. The minimum absolute atomic E-state index is 0.0671. The first kappa shape index (κ1) is 20.9. The van der Waals surface area contributed by atoms with Crippen LogP contribution in [-0.4, -0.2) is 31.9 Å². The van der Waals surface area contributed by atoms with Gasteiger partial charge in [-0.3, -0.25) is 9.48 Å². The van der Waals surface area contributed by atoms with Crippen LogP contribution in [0.2, 0.25) is 0 Å². The number of rotatable bonds is 4. The summed E-state index contributed by atoms with van der Waals surface area (Å²) in [6, 6.07) is 8.41. The standard InChI is InChI=1S/C25H22F2N6O/c26-18-7-16(8-19(27)10-18)24-3-4-29-33(24)25(34)21-9-17(14-5-15(21)6-14)12-32-13-23-22(31-32)2-1-20(11-28)30-23/h1-2,4,7-8,10,13-15,17,21,24H,3,5-6,9,12H2/t14?,15?,17?,21-,24?/m0/s1. The zero-order valence-electron chi connectivity index (χ0n) is 18.3. The summed E-state index contributed by atoms with van der Waals surface area (Å²) in [5.41, 5.74) is 2.21. The lowest BCUT2D eigenvalue weighted by Gasteiger charge is -2.51. The van der Waals surface area contributed by atoms with E-state index in [1.54, 1.807) is 18.3 Å². The first-order valence-corrected chi connectivity index (χ1v) is 11.5. The monoisotopic (exact) mass is 460 g/mol. The van der Waals surface area contributed by atoms with Gasteiger partial charge in [0.25, 0.3) is 0 Å². The SMILES string of the molecule is N#Cc1ccc2nn(CC3C[C@H](C(=O)N4N=CCC4c4cc(F)cc(F)c4)C4CC3C4)cc2n1. The summed E-state index contributed by atoms with van der Waals surface area (Å²) < 4.78 is 29.5. The number of nitriles is 1. The van der Waals surface area contributed by atoms with Crippen LogP contribution < -0.4 is 0 Å². The Morgan fingerprint density at radius 2 is 1.88 bits per heavy atom. The fraction of sp³-hybridized carbons (Fsp3) is 0.400. The van der Waals surface area contributed by atoms with Crippen molar-refractivity contribution in [1.82, 2.24) is 19.8 Å². The van der Waals surface area contributed by atoms with E-state index in [1.807, 2.05) is 16.9 Å². The van der Waals surface area contributed by atoms with Gasteiger partial charge in [0.15, 0.2) is 0 Å². The molecule has 1 amide bonds. The molecule has 3 aliphatic carbocycles. The van der Waals surface area contributed by atoms with Crippen LogP contribution in [0.4, 0.5) is 8.78 Å². The third-order valence-electron chi connectivity index (χ3n) is 7.59. The number of halogens is 2. The summed E-state index contributed by atoms with van der Waals surface area (Å²) in [6.07, 6.45) is 6.67. The van der Waals surface area contributed by atoms with Crippen LogP contribution in [0.5, 0.6) is 0 Å². The van der Waals surface area contributed by atoms with Gasteiger partial charge in [-0.2, -0.15) is 15.5 Å². The van der Waals surface area contributed by atoms with Gasteiger partial charge in [-0.15, -0.1) is 0 Å².